The van der Waals surface area contributed by atoms with Crippen molar-refractivity contribution in [2.75, 3.05) is 5.32 Å². The molecule has 0 bridgehead atoms. The van der Waals surface area contributed by atoms with E-state index >= 15 is 0 Å². The molecule has 0 unspecified atom stereocenters. The van der Waals surface area contributed by atoms with Crippen LogP contribution < -0.4 is 11.1 Å². The van der Waals surface area contributed by atoms with E-state index in [2.05, 4.69) is 27.9 Å². The molecular weight excluding hydrogens is 351 g/mol. The molecule has 1 aromatic carbocycles. The summed E-state index contributed by atoms with van der Waals surface area (Å²) >= 11 is 8.19. The third kappa shape index (κ3) is 4.12. The molecule has 0 saturated carbocycles. The highest BCUT2D eigenvalue weighted by Crippen LogP contribution is 2.25. The molecule has 0 fully saturated rings. The van der Waals surface area contributed by atoms with Crippen LogP contribution in [0.2, 0.25) is 5.02 Å². The number of carbonyl (C=O) groups is 1. The summed E-state index contributed by atoms with van der Waals surface area (Å²) in [6.45, 7) is 5.77. The molecule has 3 N–H and O–H groups in total. The van der Waals surface area contributed by atoms with E-state index in [0.717, 1.165) is 3.57 Å². The largest absolute Gasteiger partial charge is 0.323 e. The van der Waals surface area contributed by atoms with Crippen LogP contribution in [0.5, 0.6) is 0 Å². The van der Waals surface area contributed by atoms with Crippen molar-refractivity contribution in [3.05, 3.63) is 26.8 Å². The first-order valence-corrected chi connectivity index (χ1v) is 6.69. The lowest BCUT2D eigenvalue weighted by Gasteiger charge is -2.26. The Morgan fingerprint density at radius 2 is 2.06 bits per heavy atom. The molecule has 0 spiro atoms. The van der Waals surface area contributed by atoms with Crippen LogP contribution in [0, 0.1) is 8.99 Å². The van der Waals surface area contributed by atoms with Gasteiger partial charge in [-0.1, -0.05) is 32.4 Å². The molecule has 0 aliphatic rings. The molecule has 1 atom stereocenters. The van der Waals surface area contributed by atoms with Crippen LogP contribution in [-0.4, -0.2) is 11.9 Å². The van der Waals surface area contributed by atoms with Crippen molar-refractivity contribution in [2.45, 2.75) is 26.8 Å². The van der Waals surface area contributed by atoms with E-state index in [1.165, 1.54) is 0 Å². The van der Waals surface area contributed by atoms with Crippen molar-refractivity contribution in [2.24, 2.45) is 11.1 Å². The molecule has 17 heavy (non-hydrogen) atoms. The molecule has 5 heteroatoms. The maximum absolute atomic E-state index is 11.9. The van der Waals surface area contributed by atoms with Gasteiger partial charge in [0.1, 0.15) is 0 Å². The Kier molecular flexibility index (Phi) is 4.80. The van der Waals surface area contributed by atoms with E-state index in [-0.39, 0.29) is 11.3 Å². The zero-order valence-electron chi connectivity index (χ0n) is 10.1. The molecule has 1 amide bonds. The van der Waals surface area contributed by atoms with Crippen molar-refractivity contribution >= 4 is 45.8 Å². The highest BCUT2D eigenvalue weighted by molar-refractivity contribution is 14.1. The maximum atomic E-state index is 11.9. The fourth-order valence-electron chi connectivity index (χ4n) is 1.19. The Labute approximate surface area is 120 Å². The first kappa shape index (κ1) is 14.7. The monoisotopic (exact) mass is 366 g/mol. The summed E-state index contributed by atoms with van der Waals surface area (Å²) < 4.78 is 1.02. The predicted octanol–water partition coefficient (Wildman–Crippen LogP) is 3.26. The standard InChI is InChI=1S/C12H16ClIN2O/c1-12(2,3)10(15)11(17)16-9-5-4-7(14)6-8(9)13/h4-6,10H,15H2,1-3H3,(H,16,17)/t10-/m1/s1. The van der Waals surface area contributed by atoms with E-state index in [0.29, 0.717) is 10.7 Å². The van der Waals surface area contributed by atoms with Gasteiger partial charge in [-0.15, -0.1) is 0 Å². The van der Waals surface area contributed by atoms with E-state index in [1.54, 1.807) is 12.1 Å². The zero-order chi connectivity index (χ0) is 13.2. The first-order valence-electron chi connectivity index (χ1n) is 5.23. The molecular formula is C12H16ClIN2O. The van der Waals surface area contributed by atoms with Gasteiger partial charge >= 0.3 is 0 Å². The van der Waals surface area contributed by atoms with E-state index < -0.39 is 6.04 Å². The van der Waals surface area contributed by atoms with Crippen LogP contribution in [0.25, 0.3) is 0 Å². The molecule has 1 aromatic rings. The number of hydrogen-bond donors (Lipinski definition) is 2. The highest BCUT2D eigenvalue weighted by atomic mass is 127. The van der Waals surface area contributed by atoms with Gasteiger partial charge in [0.05, 0.1) is 16.8 Å². The highest BCUT2D eigenvalue weighted by Gasteiger charge is 2.27. The van der Waals surface area contributed by atoms with Gasteiger partial charge in [0, 0.05) is 3.57 Å². The Balaban J connectivity index is 2.82. The van der Waals surface area contributed by atoms with Crippen LogP contribution >= 0.6 is 34.2 Å². The van der Waals surface area contributed by atoms with Gasteiger partial charge in [0.25, 0.3) is 0 Å². The molecule has 94 valence electrons. The van der Waals surface area contributed by atoms with E-state index in [4.69, 9.17) is 17.3 Å². The maximum Gasteiger partial charge on any atom is 0.241 e. The predicted molar refractivity (Wildman–Crippen MR) is 80.2 cm³/mol. The number of benzene rings is 1. The quantitative estimate of drug-likeness (QED) is 0.789. The molecule has 1 rings (SSSR count). The topological polar surface area (TPSA) is 55.1 Å². The number of nitrogens with one attached hydrogen (secondary N) is 1. The Morgan fingerprint density at radius 3 is 2.53 bits per heavy atom. The van der Waals surface area contributed by atoms with Crippen LogP contribution in [0.15, 0.2) is 18.2 Å². The fraction of sp³-hybridized carbons (Fsp3) is 0.417. The average Bonchev–Trinajstić information content (AvgIpc) is 2.19. The Hall–Kier alpha value is -0.330. The van der Waals surface area contributed by atoms with Crippen LogP contribution in [-0.2, 0) is 4.79 Å². The molecule has 0 aromatic heterocycles. The minimum atomic E-state index is -0.571. The molecule has 0 aliphatic heterocycles. The summed E-state index contributed by atoms with van der Waals surface area (Å²) in [5.41, 5.74) is 6.18. The number of nitrogens with two attached hydrogens (primary N) is 1. The number of amides is 1. The number of hydrogen-bond acceptors (Lipinski definition) is 2. The molecule has 3 nitrogen and oxygen atoms in total. The molecule has 0 heterocycles. The third-order valence-electron chi connectivity index (χ3n) is 2.40. The van der Waals surface area contributed by atoms with Crippen LogP contribution in [0.1, 0.15) is 20.8 Å². The van der Waals surface area contributed by atoms with Crippen LogP contribution in [0.3, 0.4) is 0 Å². The first-order chi connectivity index (χ1) is 7.71. The normalized spacial score (nSPS) is 13.3. The van der Waals surface area contributed by atoms with Gasteiger partial charge in [-0.3, -0.25) is 4.79 Å². The van der Waals surface area contributed by atoms with Crippen molar-refractivity contribution in [3.8, 4) is 0 Å². The minimum Gasteiger partial charge on any atom is -0.323 e. The number of anilines is 1. The Morgan fingerprint density at radius 1 is 1.47 bits per heavy atom. The number of rotatable bonds is 2. The van der Waals surface area contributed by atoms with Gasteiger partial charge in [-0.25, -0.2) is 0 Å². The second kappa shape index (κ2) is 5.54. The van der Waals surface area contributed by atoms with E-state index in [1.807, 2.05) is 26.8 Å². The second-order valence-corrected chi connectivity index (χ2v) is 6.61. The summed E-state index contributed by atoms with van der Waals surface area (Å²) in [4.78, 5) is 11.9. The van der Waals surface area contributed by atoms with Gasteiger partial charge in [0.15, 0.2) is 0 Å². The lowest BCUT2D eigenvalue weighted by Crippen LogP contribution is -2.45. The van der Waals surface area contributed by atoms with Gasteiger partial charge in [-0.2, -0.15) is 0 Å². The summed E-state index contributed by atoms with van der Waals surface area (Å²) in [6.07, 6.45) is 0. The Bertz CT molecular complexity index is 429. The molecule has 0 aliphatic carbocycles. The van der Waals surface area contributed by atoms with E-state index in [9.17, 15) is 4.79 Å². The summed E-state index contributed by atoms with van der Waals surface area (Å²) in [5, 5.41) is 3.26. The number of carbonyl (C=O) groups excluding carboxylic acids is 1. The van der Waals surface area contributed by atoms with Crippen molar-refractivity contribution in [1.82, 2.24) is 0 Å². The third-order valence-corrected chi connectivity index (χ3v) is 3.39. The SMILES string of the molecule is CC(C)(C)[C@H](N)C(=O)Nc1ccc(I)cc1Cl. The van der Waals surface area contributed by atoms with Crippen molar-refractivity contribution in [3.63, 3.8) is 0 Å². The summed E-state index contributed by atoms with van der Waals surface area (Å²) in [5.74, 6) is -0.222. The minimum absolute atomic E-state index is 0.222. The van der Waals surface area contributed by atoms with Crippen molar-refractivity contribution < 1.29 is 4.79 Å². The number of halogens is 2. The van der Waals surface area contributed by atoms with Crippen LogP contribution in [0.4, 0.5) is 5.69 Å². The smallest absolute Gasteiger partial charge is 0.241 e. The lowest BCUT2D eigenvalue weighted by molar-refractivity contribution is -0.119. The molecule has 0 radical (unpaired) electrons. The van der Waals surface area contributed by atoms with Crippen molar-refractivity contribution in [1.29, 1.82) is 0 Å². The van der Waals surface area contributed by atoms with Gasteiger partial charge in [-0.05, 0) is 46.2 Å². The molecule has 0 saturated heterocycles. The fourth-order valence-corrected chi connectivity index (χ4v) is 2.10. The lowest BCUT2D eigenvalue weighted by atomic mass is 9.87. The van der Waals surface area contributed by atoms with Gasteiger partial charge in [0.2, 0.25) is 5.91 Å². The zero-order valence-corrected chi connectivity index (χ0v) is 13.0. The second-order valence-electron chi connectivity index (χ2n) is 4.96. The summed E-state index contributed by atoms with van der Waals surface area (Å²) in [7, 11) is 0. The van der Waals surface area contributed by atoms with Gasteiger partial charge < -0.3 is 11.1 Å². The average molecular weight is 367 g/mol. The summed E-state index contributed by atoms with van der Waals surface area (Å²) in [6, 6.07) is 4.88.